The Bertz CT molecular complexity index is 3740. The van der Waals surface area contributed by atoms with Gasteiger partial charge in [-0.1, -0.05) is 206 Å². The maximum absolute atomic E-state index is 9.85. The van der Waals surface area contributed by atoms with Crippen molar-refractivity contribution in [2.45, 2.75) is 0 Å². The predicted octanol–water partition coefficient (Wildman–Crippen LogP) is 17.0. The topological polar surface area (TPSA) is 3.24 Å². The third kappa shape index (κ3) is 6.83. The van der Waals surface area contributed by atoms with E-state index < -0.39 is 24.2 Å². The van der Waals surface area contributed by atoms with E-state index in [1.807, 2.05) is 146 Å². The molecular weight excluding hydrogens is 735 g/mol. The molecule has 11 aromatic carbocycles. The Kier molecular flexibility index (Phi) is 7.29. The van der Waals surface area contributed by atoms with E-state index in [2.05, 4.69) is 30.3 Å². The SMILES string of the molecule is [2H]c1c([2H])c(N(c2ccc(-c3cc4ccccc4c4ccccc34)cc2)c2c([2H])c([2H])c(-c3c(-c4ccccc4)ccc4ccccc34)c([2H])c2[2H])c([2H])c([2H])c1-c1ccc(-c2ccccc2)cc1. The first kappa shape index (κ1) is 28.4. The molecule has 0 N–H and O–H groups in total. The molecule has 0 heterocycles. The molecule has 0 spiro atoms. The van der Waals surface area contributed by atoms with Crippen molar-refractivity contribution in [3.05, 3.63) is 249 Å². The molecule has 0 amide bonds. The number of benzene rings is 11. The van der Waals surface area contributed by atoms with Gasteiger partial charge in [-0.3, -0.25) is 0 Å². The van der Waals surface area contributed by atoms with Crippen molar-refractivity contribution in [3.8, 4) is 55.6 Å². The fraction of sp³-hybridized carbons (Fsp3) is 0. The molecule has 0 saturated heterocycles. The van der Waals surface area contributed by atoms with Gasteiger partial charge in [0.15, 0.2) is 0 Å². The van der Waals surface area contributed by atoms with Crippen molar-refractivity contribution in [2.75, 3.05) is 4.90 Å². The van der Waals surface area contributed by atoms with E-state index in [0.717, 1.165) is 65.7 Å². The first-order chi connectivity index (χ1) is 33.6. The van der Waals surface area contributed by atoms with Crippen LogP contribution in [0.15, 0.2) is 249 Å². The van der Waals surface area contributed by atoms with Crippen LogP contribution < -0.4 is 4.90 Å². The number of anilines is 3. The summed E-state index contributed by atoms with van der Waals surface area (Å²) >= 11 is 0. The summed E-state index contributed by atoms with van der Waals surface area (Å²) < 4.78 is 77.5. The van der Waals surface area contributed by atoms with Gasteiger partial charge in [0.25, 0.3) is 0 Å². The van der Waals surface area contributed by atoms with Crippen molar-refractivity contribution in [2.24, 2.45) is 0 Å². The van der Waals surface area contributed by atoms with Crippen LogP contribution >= 0.6 is 0 Å². The molecule has 286 valence electrons. The van der Waals surface area contributed by atoms with Crippen molar-refractivity contribution >= 4 is 49.4 Å². The summed E-state index contributed by atoms with van der Waals surface area (Å²) in [4.78, 5) is 1.37. The minimum absolute atomic E-state index is 0.103. The second-order valence-electron chi connectivity index (χ2n) is 15.0. The molecule has 0 fully saturated rings. The molecular formula is C60H41N. The molecule has 61 heavy (non-hydrogen) atoms. The number of nitrogens with zero attached hydrogens (tertiary/aromatic N) is 1. The lowest BCUT2D eigenvalue weighted by molar-refractivity contribution is 1.28. The third-order valence-electron chi connectivity index (χ3n) is 11.4. The smallest absolute Gasteiger partial charge is 0.0645 e. The van der Waals surface area contributed by atoms with Crippen LogP contribution in [0, 0.1) is 0 Å². The lowest BCUT2D eigenvalue weighted by Crippen LogP contribution is -2.09. The first-order valence-electron chi connectivity index (χ1n) is 24.4. The molecule has 0 aliphatic carbocycles. The number of hydrogen-bond donors (Lipinski definition) is 0. The average Bonchev–Trinajstić information content (AvgIpc) is 3.40. The molecule has 0 saturated carbocycles. The molecule has 11 rings (SSSR count). The minimum Gasteiger partial charge on any atom is -0.311 e. The highest BCUT2D eigenvalue weighted by atomic mass is 15.1. The summed E-state index contributed by atoms with van der Waals surface area (Å²) in [5.41, 5.74) is 6.53. The summed E-state index contributed by atoms with van der Waals surface area (Å²) in [6.07, 6.45) is 0. The zero-order valence-corrected chi connectivity index (χ0v) is 33.0. The van der Waals surface area contributed by atoms with Gasteiger partial charge in [0.1, 0.15) is 0 Å². The largest absolute Gasteiger partial charge is 0.311 e. The number of fused-ring (bicyclic) bond motifs is 4. The maximum Gasteiger partial charge on any atom is 0.0645 e. The highest BCUT2D eigenvalue weighted by Crippen LogP contribution is 2.42. The quantitative estimate of drug-likeness (QED) is 0.139. The summed E-state index contributed by atoms with van der Waals surface area (Å²) in [6, 6.07) is 61.6. The van der Waals surface area contributed by atoms with E-state index in [4.69, 9.17) is 0 Å². The highest BCUT2D eigenvalue weighted by molar-refractivity contribution is 6.14. The van der Waals surface area contributed by atoms with Crippen molar-refractivity contribution in [3.63, 3.8) is 0 Å². The van der Waals surface area contributed by atoms with E-state index in [1.54, 1.807) is 24.3 Å². The molecule has 0 atom stereocenters. The Hall–Kier alpha value is -8.00. The zero-order chi connectivity index (χ0) is 47.5. The van der Waals surface area contributed by atoms with Gasteiger partial charge < -0.3 is 4.90 Å². The van der Waals surface area contributed by atoms with Gasteiger partial charge in [0, 0.05) is 17.1 Å². The normalized spacial score (nSPS) is 13.1. The second kappa shape index (κ2) is 15.6. The van der Waals surface area contributed by atoms with Crippen LogP contribution in [0.2, 0.25) is 0 Å². The fourth-order valence-corrected chi connectivity index (χ4v) is 8.42. The van der Waals surface area contributed by atoms with E-state index in [-0.39, 0.29) is 46.7 Å². The summed E-state index contributed by atoms with van der Waals surface area (Å²) in [6.45, 7) is 0. The molecule has 0 aromatic heterocycles. The lowest BCUT2D eigenvalue weighted by atomic mass is 9.89. The van der Waals surface area contributed by atoms with Gasteiger partial charge in [0.05, 0.1) is 11.0 Å². The van der Waals surface area contributed by atoms with Crippen LogP contribution in [-0.4, -0.2) is 0 Å². The molecule has 0 radical (unpaired) electrons. The Balaban J connectivity index is 1.13. The van der Waals surface area contributed by atoms with Gasteiger partial charge in [0.2, 0.25) is 0 Å². The van der Waals surface area contributed by atoms with Crippen LogP contribution in [0.25, 0.3) is 88.0 Å². The Morgan fingerprint density at radius 2 is 0.721 bits per heavy atom. The predicted molar refractivity (Wildman–Crippen MR) is 261 cm³/mol. The monoisotopic (exact) mass is 783 g/mol. The molecule has 11 aromatic rings. The van der Waals surface area contributed by atoms with Gasteiger partial charge in [-0.25, -0.2) is 0 Å². The minimum atomic E-state index is -0.403. The molecule has 0 aliphatic heterocycles. The van der Waals surface area contributed by atoms with E-state index >= 15 is 0 Å². The van der Waals surface area contributed by atoms with Gasteiger partial charge >= 0.3 is 0 Å². The Morgan fingerprint density at radius 3 is 1.38 bits per heavy atom. The molecule has 0 aliphatic rings. The number of rotatable bonds is 8. The number of hydrogen-bond acceptors (Lipinski definition) is 1. The third-order valence-corrected chi connectivity index (χ3v) is 11.4. The molecule has 0 unspecified atom stereocenters. The van der Waals surface area contributed by atoms with Gasteiger partial charge in [-0.2, -0.15) is 0 Å². The summed E-state index contributed by atoms with van der Waals surface area (Å²) in [5, 5.41) is 5.97. The fourth-order valence-electron chi connectivity index (χ4n) is 8.42. The second-order valence-corrected chi connectivity index (χ2v) is 15.0. The van der Waals surface area contributed by atoms with Crippen LogP contribution in [-0.2, 0) is 0 Å². The van der Waals surface area contributed by atoms with E-state index in [1.165, 1.54) is 4.90 Å². The standard InChI is InChI=1S/C60H41N/c1-3-13-42(14-4-1)43-23-25-44(26-24-43)45-27-34-51(35-28-45)61(52-36-29-48(30-37-52)59-41-50-18-8-9-19-54(50)57-21-11-12-22-58(57)59)53-38-31-49(32-39-53)60-55-20-10-7-17-47(55)33-40-56(60)46-15-5-2-6-16-46/h1-41H/i27D,28D,31D,32D,34D,35D,38D,39D. The highest BCUT2D eigenvalue weighted by Gasteiger charge is 2.17. The lowest BCUT2D eigenvalue weighted by Gasteiger charge is -2.26. The average molecular weight is 784 g/mol. The molecule has 0 bridgehead atoms. The molecule has 1 heteroatoms. The van der Waals surface area contributed by atoms with Crippen LogP contribution in [0.4, 0.5) is 17.1 Å². The zero-order valence-electron chi connectivity index (χ0n) is 41.0. The van der Waals surface area contributed by atoms with E-state index in [0.29, 0.717) is 16.8 Å². The van der Waals surface area contributed by atoms with Crippen LogP contribution in [0.1, 0.15) is 11.0 Å². The summed E-state index contributed by atoms with van der Waals surface area (Å²) in [5.74, 6) is 0. The summed E-state index contributed by atoms with van der Waals surface area (Å²) in [7, 11) is 0. The Labute approximate surface area is 368 Å². The van der Waals surface area contributed by atoms with Crippen molar-refractivity contribution in [1.29, 1.82) is 0 Å². The van der Waals surface area contributed by atoms with Crippen molar-refractivity contribution < 1.29 is 11.0 Å². The van der Waals surface area contributed by atoms with E-state index in [9.17, 15) is 11.0 Å². The van der Waals surface area contributed by atoms with Crippen LogP contribution in [0.3, 0.4) is 0 Å². The Morgan fingerprint density at radius 1 is 0.262 bits per heavy atom. The van der Waals surface area contributed by atoms with Gasteiger partial charge in [-0.05, 0) is 130 Å². The maximum atomic E-state index is 9.85. The van der Waals surface area contributed by atoms with Crippen molar-refractivity contribution in [1.82, 2.24) is 0 Å². The van der Waals surface area contributed by atoms with Crippen LogP contribution in [0.5, 0.6) is 0 Å². The molecule has 1 nitrogen and oxygen atoms in total. The first-order valence-corrected chi connectivity index (χ1v) is 20.4. The van der Waals surface area contributed by atoms with Gasteiger partial charge in [-0.15, -0.1) is 0 Å².